The fraction of sp³-hybridized carbons (Fsp3) is 0.526. The molecule has 2 aliphatic rings. The summed E-state index contributed by atoms with van der Waals surface area (Å²) >= 11 is 5.80. The summed E-state index contributed by atoms with van der Waals surface area (Å²) in [5.41, 5.74) is 0.843. The van der Waals surface area contributed by atoms with Gasteiger partial charge in [-0.2, -0.15) is 0 Å². The van der Waals surface area contributed by atoms with E-state index in [9.17, 15) is 4.21 Å². The number of nitrogens with zero attached hydrogens (tertiary/aromatic N) is 4. The summed E-state index contributed by atoms with van der Waals surface area (Å²) in [6.07, 6.45) is 3.83. The number of benzene rings is 1. The molecule has 1 unspecified atom stereocenters. The molecule has 2 aliphatic heterocycles. The minimum Gasteiger partial charge on any atom is -0.486 e. The van der Waals surface area contributed by atoms with Gasteiger partial charge in [0, 0.05) is 37.4 Å². The quantitative estimate of drug-likeness (QED) is 0.815. The van der Waals surface area contributed by atoms with Gasteiger partial charge in [-0.3, -0.25) is 5.14 Å². The molecule has 9 heteroatoms. The zero-order valence-electron chi connectivity index (χ0n) is 16.0. The molecule has 0 saturated carbocycles. The molecule has 0 aliphatic carbocycles. The van der Waals surface area contributed by atoms with Crippen molar-refractivity contribution >= 4 is 28.5 Å². The van der Waals surface area contributed by atoms with Crippen molar-refractivity contribution in [3.05, 3.63) is 41.2 Å². The van der Waals surface area contributed by atoms with Gasteiger partial charge in [-0.1, -0.05) is 29.8 Å². The van der Waals surface area contributed by atoms with Crippen LogP contribution >= 0.6 is 11.6 Å². The highest BCUT2D eigenvalue weighted by Gasteiger charge is 2.52. The average Bonchev–Trinajstić information content (AvgIpc) is 2.96. The molecule has 1 spiro atoms. The highest BCUT2D eigenvalue weighted by atomic mass is 35.5. The lowest BCUT2D eigenvalue weighted by Gasteiger charge is -2.43. The Labute approximate surface area is 172 Å². The molecule has 0 radical (unpaired) electrons. The van der Waals surface area contributed by atoms with Crippen LogP contribution in [-0.4, -0.2) is 42.8 Å². The Bertz CT molecular complexity index is 884. The van der Waals surface area contributed by atoms with E-state index in [1.165, 1.54) is 11.8 Å². The Morgan fingerprint density at radius 3 is 2.68 bits per heavy atom. The molecule has 1 aromatic heterocycles. The Kier molecular flexibility index (Phi) is 5.05. The maximum atomic E-state index is 12.1. The molecule has 28 heavy (non-hydrogen) atoms. The molecule has 0 bridgehead atoms. The lowest BCUT2D eigenvalue weighted by molar-refractivity contribution is 0.0364. The molecule has 2 atom stereocenters. The Balaban J connectivity index is 1.59. The zero-order chi connectivity index (χ0) is 19.9. The van der Waals surface area contributed by atoms with Crippen LogP contribution in [0.5, 0.6) is 5.75 Å². The summed E-state index contributed by atoms with van der Waals surface area (Å²) in [6, 6.07) is 8.15. The van der Waals surface area contributed by atoms with E-state index in [-0.39, 0.29) is 16.7 Å². The summed E-state index contributed by atoms with van der Waals surface area (Å²) in [5, 5.41) is 14.1. The van der Waals surface area contributed by atoms with Gasteiger partial charge in [0.15, 0.2) is 5.15 Å². The highest BCUT2D eigenvalue weighted by molar-refractivity contribution is 7.84. The predicted octanol–water partition coefficient (Wildman–Crippen LogP) is 2.83. The van der Waals surface area contributed by atoms with Gasteiger partial charge in [-0.05, 0) is 26.3 Å². The Hall–Kier alpha value is -1.77. The molecular weight excluding hydrogens is 398 g/mol. The molecule has 2 aromatic rings. The first kappa shape index (κ1) is 19.5. The molecule has 0 amide bonds. The largest absolute Gasteiger partial charge is 0.486 e. The molecule has 7 nitrogen and oxygen atoms in total. The number of hydrogen-bond acceptors (Lipinski definition) is 6. The second-order valence-electron chi connectivity index (χ2n) is 8.09. The number of para-hydroxylation sites is 1. The van der Waals surface area contributed by atoms with Crippen molar-refractivity contribution in [3.63, 3.8) is 0 Å². The zero-order valence-corrected chi connectivity index (χ0v) is 17.5. The van der Waals surface area contributed by atoms with Crippen LogP contribution in [0.3, 0.4) is 0 Å². The molecule has 1 fully saturated rings. The summed E-state index contributed by atoms with van der Waals surface area (Å²) in [6.45, 7) is 5.42. The van der Waals surface area contributed by atoms with Gasteiger partial charge in [0.25, 0.3) is 0 Å². The van der Waals surface area contributed by atoms with Crippen LogP contribution in [0, 0.1) is 0 Å². The highest BCUT2D eigenvalue weighted by Crippen LogP contribution is 2.53. The monoisotopic (exact) mass is 421 g/mol. The van der Waals surface area contributed by atoms with Gasteiger partial charge >= 0.3 is 0 Å². The summed E-state index contributed by atoms with van der Waals surface area (Å²) in [4.78, 5) is 6.38. The third-order valence-electron chi connectivity index (χ3n) is 5.90. The van der Waals surface area contributed by atoms with Crippen molar-refractivity contribution < 1.29 is 8.95 Å². The summed E-state index contributed by atoms with van der Waals surface area (Å²) in [7, 11) is -1.42. The van der Waals surface area contributed by atoms with E-state index >= 15 is 0 Å². The van der Waals surface area contributed by atoms with Crippen LogP contribution in [-0.2, 0) is 11.0 Å². The molecule has 4 rings (SSSR count). The molecule has 2 N–H and O–H groups in total. The topological polar surface area (TPSA) is 94.2 Å². The van der Waals surface area contributed by atoms with Gasteiger partial charge in [0.1, 0.15) is 11.4 Å². The van der Waals surface area contributed by atoms with Crippen molar-refractivity contribution in [2.75, 3.05) is 18.0 Å². The summed E-state index contributed by atoms with van der Waals surface area (Å²) in [5.74, 6) is 1.64. The lowest BCUT2D eigenvalue weighted by atomic mass is 9.74. The maximum absolute atomic E-state index is 12.1. The average molecular weight is 422 g/mol. The number of nitrogens with two attached hydrogens (primary N) is 1. The second-order valence-corrected chi connectivity index (χ2v) is 10.2. The SMILES string of the molecule is CC(C)(C[C@@H]1c2ccccc2OC12CCN(c1ncc(Cl)nn1)CC2)S(N)=O. The second kappa shape index (κ2) is 7.24. The fourth-order valence-electron chi connectivity index (χ4n) is 4.24. The van der Waals surface area contributed by atoms with E-state index in [1.807, 2.05) is 32.0 Å². The van der Waals surface area contributed by atoms with Gasteiger partial charge in [0.05, 0.1) is 21.9 Å². The number of fused-ring (bicyclic) bond motifs is 1. The van der Waals surface area contributed by atoms with E-state index in [1.54, 1.807) is 0 Å². The fourth-order valence-corrected chi connectivity index (χ4v) is 4.66. The number of rotatable bonds is 4. The minimum atomic E-state index is -1.42. The smallest absolute Gasteiger partial charge is 0.245 e. The first-order chi connectivity index (χ1) is 13.3. The molecule has 3 heterocycles. The van der Waals surface area contributed by atoms with E-state index in [0.717, 1.165) is 31.7 Å². The lowest BCUT2D eigenvalue weighted by Crippen LogP contribution is -2.51. The van der Waals surface area contributed by atoms with E-state index in [4.69, 9.17) is 21.5 Å². The molecular formula is C19H24ClN5O2S. The molecule has 1 saturated heterocycles. The van der Waals surface area contributed by atoms with Crippen LogP contribution in [0.4, 0.5) is 5.95 Å². The number of halogens is 1. The maximum Gasteiger partial charge on any atom is 0.245 e. The van der Waals surface area contributed by atoms with Gasteiger partial charge < -0.3 is 9.64 Å². The first-order valence-corrected chi connectivity index (χ1v) is 10.9. The number of piperidine rings is 1. The number of hydrogen-bond donors (Lipinski definition) is 1. The van der Waals surface area contributed by atoms with Gasteiger partial charge in [0.2, 0.25) is 5.95 Å². The molecule has 1 aromatic carbocycles. The number of aromatic nitrogens is 3. The third-order valence-corrected chi connectivity index (χ3v) is 7.33. The van der Waals surface area contributed by atoms with Gasteiger partial charge in [-0.15, -0.1) is 10.2 Å². The van der Waals surface area contributed by atoms with Crippen LogP contribution in [0.15, 0.2) is 30.5 Å². The molecule has 150 valence electrons. The van der Waals surface area contributed by atoms with Crippen molar-refractivity contribution in [2.24, 2.45) is 5.14 Å². The normalized spacial score (nSPS) is 22.0. The van der Waals surface area contributed by atoms with Crippen LogP contribution in [0.2, 0.25) is 5.15 Å². The standard InChI is InChI=1S/C19H24ClN5O2S/c1-18(2,28(21)26)11-14-13-5-3-4-6-15(13)27-19(14)7-9-25(10-8-19)17-22-12-16(20)23-24-17/h3-6,12,14H,7-11,21H2,1-2H3/t14-,28?/m1/s1. The van der Waals surface area contributed by atoms with E-state index < -0.39 is 15.7 Å². The van der Waals surface area contributed by atoms with E-state index in [0.29, 0.717) is 12.4 Å². The minimum absolute atomic E-state index is 0.137. The van der Waals surface area contributed by atoms with Crippen LogP contribution in [0.1, 0.15) is 44.6 Å². The Morgan fingerprint density at radius 1 is 1.32 bits per heavy atom. The van der Waals surface area contributed by atoms with E-state index in [2.05, 4.69) is 26.1 Å². The van der Waals surface area contributed by atoms with Crippen molar-refractivity contribution in [2.45, 2.75) is 49.4 Å². The van der Waals surface area contributed by atoms with Crippen LogP contribution in [0.25, 0.3) is 0 Å². The third kappa shape index (κ3) is 3.49. The van der Waals surface area contributed by atoms with Crippen molar-refractivity contribution in [1.29, 1.82) is 0 Å². The Morgan fingerprint density at radius 2 is 2.04 bits per heavy atom. The van der Waals surface area contributed by atoms with Crippen LogP contribution < -0.4 is 14.8 Å². The predicted molar refractivity (Wildman–Crippen MR) is 110 cm³/mol. The van der Waals surface area contributed by atoms with Crippen molar-refractivity contribution in [3.8, 4) is 5.75 Å². The van der Waals surface area contributed by atoms with Crippen molar-refractivity contribution in [1.82, 2.24) is 15.2 Å². The number of ether oxygens (including phenoxy) is 1. The number of anilines is 1. The first-order valence-electron chi connectivity index (χ1n) is 9.35. The van der Waals surface area contributed by atoms with Gasteiger partial charge in [-0.25, -0.2) is 9.19 Å². The summed E-state index contributed by atoms with van der Waals surface area (Å²) < 4.78 is 18.1.